The zero-order valence-corrected chi connectivity index (χ0v) is 9.46. The summed E-state index contributed by atoms with van der Waals surface area (Å²) in [6.07, 6.45) is 0. The molecule has 18 heavy (non-hydrogen) atoms. The van der Waals surface area contributed by atoms with E-state index in [-0.39, 0.29) is 18.8 Å². The van der Waals surface area contributed by atoms with E-state index in [0.717, 1.165) is 6.07 Å². The molecule has 1 aromatic rings. The number of carboxylic acids is 1. The van der Waals surface area contributed by atoms with Crippen molar-refractivity contribution in [3.05, 3.63) is 33.6 Å². The second kappa shape index (κ2) is 5.41. The number of hydrogen-bond donors (Lipinski definition) is 2. The standard InChI is InChI=1S/C10H11FN2O5/c1-12(2-3-14)8-5-7(11)6(10(15)16)4-9(8)13(17)18/h4-5,14H,2-3H2,1H3,(H,15,16). The van der Waals surface area contributed by atoms with Gasteiger partial charge in [0.2, 0.25) is 0 Å². The number of aliphatic hydroxyl groups excluding tert-OH is 1. The van der Waals surface area contributed by atoms with Crippen LogP contribution in [0.15, 0.2) is 12.1 Å². The number of rotatable bonds is 5. The van der Waals surface area contributed by atoms with Gasteiger partial charge < -0.3 is 15.1 Å². The van der Waals surface area contributed by atoms with Crippen LogP contribution < -0.4 is 4.90 Å². The molecule has 0 amide bonds. The van der Waals surface area contributed by atoms with E-state index in [1.54, 1.807) is 0 Å². The number of nitro benzene ring substituents is 1. The topological polar surface area (TPSA) is 104 Å². The third-order valence-corrected chi connectivity index (χ3v) is 2.34. The molecule has 0 saturated carbocycles. The van der Waals surface area contributed by atoms with Crippen molar-refractivity contribution in [1.29, 1.82) is 0 Å². The molecule has 8 heteroatoms. The third kappa shape index (κ3) is 2.72. The highest BCUT2D eigenvalue weighted by molar-refractivity contribution is 5.90. The number of nitro groups is 1. The van der Waals surface area contributed by atoms with Gasteiger partial charge in [-0.1, -0.05) is 0 Å². The SMILES string of the molecule is CN(CCO)c1cc(F)c(C(=O)O)cc1[N+](=O)[O-]. The van der Waals surface area contributed by atoms with E-state index in [1.807, 2.05) is 0 Å². The van der Waals surface area contributed by atoms with Crippen LogP contribution >= 0.6 is 0 Å². The lowest BCUT2D eigenvalue weighted by Crippen LogP contribution is -2.22. The molecular weight excluding hydrogens is 247 g/mol. The number of anilines is 1. The van der Waals surface area contributed by atoms with Crippen molar-refractivity contribution < 1.29 is 24.3 Å². The molecule has 0 atom stereocenters. The van der Waals surface area contributed by atoms with E-state index >= 15 is 0 Å². The number of halogens is 1. The number of nitrogens with zero attached hydrogens (tertiary/aromatic N) is 2. The lowest BCUT2D eigenvalue weighted by atomic mass is 10.1. The minimum Gasteiger partial charge on any atom is -0.478 e. The Balaban J connectivity index is 3.38. The van der Waals surface area contributed by atoms with E-state index in [1.165, 1.54) is 11.9 Å². The zero-order valence-electron chi connectivity index (χ0n) is 9.46. The summed E-state index contributed by atoms with van der Waals surface area (Å²) in [5.74, 6) is -2.64. The van der Waals surface area contributed by atoms with E-state index in [4.69, 9.17) is 10.2 Å². The first-order chi connectivity index (χ1) is 8.38. The van der Waals surface area contributed by atoms with Crippen LogP contribution in [0.4, 0.5) is 15.8 Å². The molecule has 1 rings (SSSR count). The summed E-state index contributed by atoms with van der Waals surface area (Å²) in [7, 11) is 1.43. The minimum atomic E-state index is -1.58. The number of likely N-dealkylation sites (N-methyl/N-ethyl adjacent to an activating group) is 1. The maximum Gasteiger partial charge on any atom is 0.338 e. The Morgan fingerprint density at radius 1 is 1.56 bits per heavy atom. The number of aromatic carboxylic acids is 1. The predicted octanol–water partition coefficient (Wildman–Crippen LogP) is 0.861. The fraction of sp³-hybridized carbons (Fsp3) is 0.300. The summed E-state index contributed by atoms with van der Waals surface area (Å²) in [5.41, 5.74) is -1.37. The summed E-state index contributed by atoms with van der Waals surface area (Å²) < 4.78 is 13.5. The van der Waals surface area contributed by atoms with Crippen molar-refractivity contribution >= 4 is 17.3 Å². The van der Waals surface area contributed by atoms with Crippen LogP contribution in [0.3, 0.4) is 0 Å². The number of hydrogen-bond acceptors (Lipinski definition) is 5. The van der Waals surface area contributed by atoms with Gasteiger partial charge in [0.15, 0.2) is 0 Å². The summed E-state index contributed by atoms with van der Waals surface area (Å²) >= 11 is 0. The van der Waals surface area contributed by atoms with Crippen molar-refractivity contribution in [2.24, 2.45) is 0 Å². The van der Waals surface area contributed by atoms with Crippen LogP contribution in [0.5, 0.6) is 0 Å². The number of benzene rings is 1. The summed E-state index contributed by atoms with van der Waals surface area (Å²) in [6.45, 7) is -0.206. The summed E-state index contributed by atoms with van der Waals surface area (Å²) in [6, 6.07) is 1.44. The Labute approximate surface area is 101 Å². The molecule has 0 aromatic heterocycles. The molecule has 2 N–H and O–H groups in total. The lowest BCUT2D eigenvalue weighted by molar-refractivity contribution is -0.384. The van der Waals surface area contributed by atoms with Gasteiger partial charge in [-0.2, -0.15) is 0 Å². The molecular formula is C10H11FN2O5. The molecule has 0 aliphatic rings. The molecule has 0 saturated heterocycles. The molecule has 7 nitrogen and oxygen atoms in total. The number of carboxylic acid groups (broad SMARTS) is 1. The minimum absolute atomic E-state index is 0.0622. The van der Waals surface area contributed by atoms with Crippen LogP contribution in [0.1, 0.15) is 10.4 Å². The van der Waals surface area contributed by atoms with E-state index in [0.29, 0.717) is 6.07 Å². The first-order valence-electron chi connectivity index (χ1n) is 4.91. The Morgan fingerprint density at radius 3 is 2.61 bits per heavy atom. The second-order valence-electron chi connectivity index (χ2n) is 3.53. The van der Waals surface area contributed by atoms with Crippen molar-refractivity contribution in [2.75, 3.05) is 25.1 Å². The zero-order chi connectivity index (χ0) is 13.9. The smallest absolute Gasteiger partial charge is 0.338 e. The molecule has 98 valence electrons. The monoisotopic (exact) mass is 258 g/mol. The fourth-order valence-electron chi connectivity index (χ4n) is 1.44. The Bertz CT molecular complexity index is 491. The van der Waals surface area contributed by atoms with Gasteiger partial charge in [0.1, 0.15) is 17.1 Å². The van der Waals surface area contributed by atoms with Crippen LogP contribution in [-0.2, 0) is 0 Å². The Kier molecular flexibility index (Phi) is 4.16. The van der Waals surface area contributed by atoms with Crippen molar-refractivity contribution in [2.45, 2.75) is 0 Å². The van der Waals surface area contributed by atoms with Gasteiger partial charge in [-0.25, -0.2) is 9.18 Å². The van der Waals surface area contributed by atoms with Crippen molar-refractivity contribution in [3.8, 4) is 0 Å². The molecule has 0 fully saturated rings. The highest BCUT2D eigenvalue weighted by Gasteiger charge is 2.23. The van der Waals surface area contributed by atoms with Crippen LogP contribution in [0.25, 0.3) is 0 Å². The summed E-state index contributed by atoms with van der Waals surface area (Å²) in [5, 5.41) is 28.2. The molecule has 0 aliphatic carbocycles. The van der Waals surface area contributed by atoms with Gasteiger partial charge >= 0.3 is 5.97 Å². The molecule has 0 heterocycles. The molecule has 0 unspecified atom stereocenters. The summed E-state index contributed by atoms with van der Waals surface area (Å²) in [4.78, 5) is 22.0. The third-order valence-electron chi connectivity index (χ3n) is 2.34. The van der Waals surface area contributed by atoms with E-state index in [9.17, 15) is 19.3 Å². The normalized spacial score (nSPS) is 10.2. The second-order valence-corrected chi connectivity index (χ2v) is 3.53. The average Bonchev–Trinajstić information content (AvgIpc) is 2.27. The van der Waals surface area contributed by atoms with Gasteiger partial charge in [0, 0.05) is 25.7 Å². The number of carbonyl (C=O) groups is 1. The van der Waals surface area contributed by atoms with E-state index < -0.39 is 28.0 Å². The predicted molar refractivity (Wildman–Crippen MR) is 60.4 cm³/mol. The first-order valence-corrected chi connectivity index (χ1v) is 4.91. The lowest BCUT2D eigenvalue weighted by Gasteiger charge is -2.18. The molecule has 1 aromatic carbocycles. The molecule has 0 bridgehead atoms. The van der Waals surface area contributed by atoms with Gasteiger partial charge in [-0.3, -0.25) is 10.1 Å². The maximum atomic E-state index is 13.5. The van der Waals surface area contributed by atoms with Gasteiger partial charge in [0.25, 0.3) is 5.69 Å². The largest absolute Gasteiger partial charge is 0.478 e. The average molecular weight is 258 g/mol. The Hall–Kier alpha value is -2.22. The highest BCUT2D eigenvalue weighted by Crippen LogP contribution is 2.30. The quantitative estimate of drug-likeness (QED) is 0.599. The van der Waals surface area contributed by atoms with Gasteiger partial charge in [0.05, 0.1) is 11.5 Å². The molecule has 0 aliphatic heterocycles. The van der Waals surface area contributed by atoms with Crippen LogP contribution in [0.2, 0.25) is 0 Å². The molecule has 0 spiro atoms. The highest BCUT2D eigenvalue weighted by atomic mass is 19.1. The van der Waals surface area contributed by atoms with Crippen LogP contribution in [-0.4, -0.2) is 41.3 Å². The fourth-order valence-corrected chi connectivity index (χ4v) is 1.44. The van der Waals surface area contributed by atoms with Crippen LogP contribution in [0, 0.1) is 15.9 Å². The van der Waals surface area contributed by atoms with E-state index in [2.05, 4.69) is 0 Å². The maximum absolute atomic E-state index is 13.5. The van der Waals surface area contributed by atoms with Gasteiger partial charge in [-0.15, -0.1) is 0 Å². The number of aliphatic hydroxyl groups is 1. The molecule has 0 radical (unpaired) electrons. The van der Waals surface area contributed by atoms with Crippen molar-refractivity contribution in [1.82, 2.24) is 0 Å². The Morgan fingerprint density at radius 2 is 2.17 bits per heavy atom. The van der Waals surface area contributed by atoms with Gasteiger partial charge in [-0.05, 0) is 0 Å². The first kappa shape index (κ1) is 13.8. The van der Waals surface area contributed by atoms with Crippen molar-refractivity contribution in [3.63, 3.8) is 0 Å².